The second-order valence-electron chi connectivity index (χ2n) is 4.84. The van der Waals surface area contributed by atoms with Crippen molar-refractivity contribution in [1.29, 1.82) is 0 Å². The second kappa shape index (κ2) is 5.69. The van der Waals surface area contributed by atoms with E-state index in [1.807, 2.05) is 6.07 Å². The van der Waals surface area contributed by atoms with Crippen molar-refractivity contribution >= 4 is 11.6 Å². The van der Waals surface area contributed by atoms with Crippen molar-refractivity contribution in [3.63, 3.8) is 0 Å². The third-order valence-electron chi connectivity index (χ3n) is 3.12. The SMILES string of the molecule is Cc1cc(=O)n(-c2ccc(NC(=O)c3ccccc3)cn2)[nH]1. The number of aryl methyl sites for hydroxylation is 1. The number of nitrogens with one attached hydrogen (secondary N) is 2. The number of anilines is 1. The average Bonchev–Trinajstić information content (AvgIpc) is 2.87. The van der Waals surface area contributed by atoms with Gasteiger partial charge < -0.3 is 5.32 Å². The van der Waals surface area contributed by atoms with Gasteiger partial charge in [0.1, 0.15) is 0 Å². The summed E-state index contributed by atoms with van der Waals surface area (Å²) in [6.45, 7) is 1.80. The highest BCUT2D eigenvalue weighted by atomic mass is 16.1. The van der Waals surface area contributed by atoms with Gasteiger partial charge in [-0.15, -0.1) is 0 Å². The molecule has 1 aromatic carbocycles. The molecule has 2 heterocycles. The summed E-state index contributed by atoms with van der Waals surface area (Å²) in [7, 11) is 0. The van der Waals surface area contributed by atoms with Crippen molar-refractivity contribution in [3.8, 4) is 5.82 Å². The Morgan fingerprint density at radius 2 is 1.95 bits per heavy atom. The fourth-order valence-corrected chi connectivity index (χ4v) is 2.07. The molecule has 1 amide bonds. The Morgan fingerprint density at radius 1 is 1.18 bits per heavy atom. The average molecular weight is 294 g/mol. The molecule has 3 rings (SSSR count). The fourth-order valence-electron chi connectivity index (χ4n) is 2.07. The molecule has 0 atom stereocenters. The minimum Gasteiger partial charge on any atom is -0.321 e. The summed E-state index contributed by atoms with van der Waals surface area (Å²) in [6, 6.07) is 13.8. The van der Waals surface area contributed by atoms with Crippen molar-refractivity contribution in [1.82, 2.24) is 14.8 Å². The van der Waals surface area contributed by atoms with Crippen LogP contribution in [0.15, 0.2) is 59.5 Å². The van der Waals surface area contributed by atoms with Gasteiger partial charge in [0, 0.05) is 17.3 Å². The number of amides is 1. The van der Waals surface area contributed by atoms with E-state index in [4.69, 9.17) is 0 Å². The molecule has 0 fully saturated rings. The van der Waals surface area contributed by atoms with E-state index in [-0.39, 0.29) is 11.5 Å². The largest absolute Gasteiger partial charge is 0.321 e. The highest BCUT2D eigenvalue weighted by Crippen LogP contribution is 2.10. The van der Waals surface area contributed by atoms with Crippen LogP contribution in [0.3, 0.4) is 0 Å². The second-order valence-corrected chi connectivity index (χ2v) is 4.84. The zero-order valence-corrected chi connectivity index (χ0v) is 11.9. The summed E-state index contributed by atoms with van der Waals surface area (Å²) in [5.74, 6) is 0.263. The van der Waals surface area contributed by atoms with Gasteiger partial charge in [-0.05, 0) is 31.2 Å². The fraction of sp³-hybridized carbons (Fsp3) is 0.0625. The lowest BCUT2D eigenvalue weighted by Gasteiger charge is -2.06. The van der Waals surface area contributed by atoms with Crippen LogP contribution in [0.25, 0.3) is 5.82 Å². The van der Waals surface area contributed by atoms with Crippen LogP contribution in [0.5, 0.6) is 0 Å². The number of hydrogen-bond donors (Lipinski definition) is 2. The first kappa shape index (κ1) is 13.8. The summed E-state index contributed by atoms with van der Waals surface area (Å²) in [5, 5.41) is 5.66. The Hall–Kier alpha value is -3.15. The summed E-state index contributed by atoms with van der Waals surface area (Å²) in [5.41, 5.74) is 1.72. The Morgan fingerprint density at radius 3 is 2.55 bits per heavy atom. The molecule has 0 saturated carbocycles. The van der Waals surface area contributed by atoms with Gasteiger partial charge in [0.15, 0.2) is 5.82 Å². The molecule has 0 bridgehead atoms. The molecule has 6 nitrogen and oxygen atoms in total. The molecule has 0 aliphatic rings. The van der Waals surface area contributed by atoms with Gasteiger partial charge in [0.2, 0.25) is 0 Å². The van der Waals surface area contributed by atoms with Crippen LogP contribution < -0.4 is 10.9 Å². The lowest BCUT2D eigenvalue weighted by atomic mass is 10.2. The maximum atomic E-state index is 12.0. The van der Waals surface area contributed by atoms with Gasteiger partial charge in [-0.1, -0.05) is 18.2 Å². The lowest BCUT2D eigenvalue weighted by Crippen LogP contribution is -2.15. The Labute approximate surface area is 126 Å². The zero-order valence-electron chi connectivity index (χ0n) is 11.9. The summed E-state index contributed by atoms with van der Waals surface area (Å²) in [4.78, 5) is 27.9. The number of aromatic nitrogens is 3. The van der Waals surface area contributed by atoms with Crippen LogP contribution in [-0.4, -0.2) is 20.7 Å². The molecular formula is C16H14N4O2. The molecule has 0 unspecified atom stereocenters. The van der Waals surface area contributed by atoms with E-state index in [1.54, 1.807) is 43.3 Å². The van der Waals surface area contributed by atoms with Gasteiger partial charge in [0.05, 0.1) is 11.9 Å². The zero-order chi connectivity index (χ0) is 15.5. The Bertz CT molecular complexity index is 848. The highest BCUT2D eigenvalue weighted by Gasteiger charge is 2.07. The highest BCUT2D eigenvalue weighted by molar-refractivity contribution is 6.04. The number of nitrogens with zero attached hydrogens (tertiary/aromatic N) is 2. The van der Waals surface area contributed by atoms with Gasteiger partial charge in [-0.25, -0.2) is 9.67 Å². The molecule has 110 valence electrons. The number of rotatable bonds is 3. The number of H-pyrrole nitrogens is 1. The summed E-state index contributed by atoms with van der Waals surface area (Å²) < 4.78 is 1.35. The third kappa shape index (κ3) is 2.80. The molecule has 3 aromatic rings. The first-order chi connectivity index (χ1) is 10.6. The van der Waals surface area contributed by atoms with Crippen LogP contribution in [-0.2, 0) is 0 Å². The lowest BCUT2D eigenvalue weighted by molar-refractivity contribution is 0.102. The molecule has 22 heavy (non-hydrogen) atoms. The van der Waals surface area contributed by atoms with Crippen LogP contribution in [0.1, 0.15) is 16.1 Å². The molecule has 0 spiro atoms. The summed E-state index contributed by atoms with van der Waals surface area (Å²) >= 11 is 0. The number of benzene rings is 1. The van der Waals surface area contributed by atoms with Crippen LogP contribution in [0.4, 0.5) is 5.69 Å². The number of aromatic amines is 1. The molecular weight excluding hydrogens is 280 g/mol. The minimum absolute atomic E-state index is 0.175. The predicted molar refractivity (Wildman–Crippen MR) is 83.3 cm³/mol. The van der Waals surface area contributed by atoms with Crippen LogP contribution in [0, 0.1) is 6.92 Å². The molecule has 2 N–H and O–H groups in total. The first-order valence-electron chi connectivity index (χ1n) is 6.75. The molecule has 0 aliphatic carbocycles. The molecule has 0 radical (unpaired) electrons. The quantitative estimate of drug-likeness (QED) is 0.776. The van der Waals surface area contributed by atoms with E-state index in [0.717, 1.165) is 5.69 Å². The smallest absolute Gasteiger partial charge is 0.272 e. The first-order valence-corrected chi connectivity index (χ1v) is 6.75. The van der Waals surface area contributed by atoms with Crippen molar-refractivity contribution in [3.05, 3.63) is 76.3 Å². The monoisotopic (exact) mass is 294 g/mol. The number of carbonyl (C=O) groups excluding carboxylic acids is 1. The van der Waals surface area contributed by atoms with Gasteiger partial charge >= 0.3 is 0 Å². The molecule has 0 saturated heterocycles. The topological polar surface area (TPSA) is 79.8 Å². The maximum Gasteiger partial charge on any atom is 0.272 e. The van der Waals surface area contributed by atoms with E-state index in [9.17, 15) is 9.59 Å². The minimum atomic E-state index is -0.206. The van der Waals surface area contributed by atoms with E-state index < -0.39 is 0 Å². The van der Waals surface area contributed by atoms with E-state index in [2.05, 4.69) is 15.4 Å². The Balaban J connectivity index is 1.79. The van der Waals surface area contributed by atoms with Crippen LogP contribution in [0.2, 0.25) is 0 Å². The molecule has 6 heteroatoms. The van der Waals surface area contributed by atoms with E-state index in [0.29, 0.717) is 17.1 Å². The van der Waals surface area contributed by atoms with Crippen molar-refractivity contribution in [2.45, 2.75) is 6.92 Å². The maximum absolute atomic E-state index is 12.0. The number of pyridine rings is 1. The Kier molecular flexibility index (Phi) is 3.57. The van der Waals surface area contributed by atoms with Gasteiger partial charge in [0.25, 0.3) is 11.5 Å². The number of carbonyl (C=O) groups is 1. The van der Waals surface area contributed by atoms with Gasteiger partial charge in [-0.3, -0.25) is 14.7 Å². The molecule has 2 aromatic heterocycles. The molecule has 0 aliphatic heterocycles. The van der Waals surface area contributed by atoms with Gasteiger partial charge in [-0.2, -0.15) is 0 Å². The standard InChI is InChI=1S/C16H14N4O2/c1-11-9-15(21)20(19-11)14-8-7-13(10-17-14)18-16(22)12-5-3-2-4-6-12/h2-10,19H,1H3,(H,18,22). The normalized spacial score (nSPS) is 10.4. The van der Waals surface area contributed by atoms with Crippen molar-refractivity contribution < 1.29 is 4.79 Å². The van der Waals surface area contributed by atoms with E-state index >= 15 is 0 Å². The van der Waals surface area contributed by atoms with E-state index in [1.165, 1.54) is 16.9 Å². The third-order valence-corrected chi connectivity index (χ3v) is 3.12. The van der Waals surface area contributed by atoms with Crippen LogP contribution >= 0.6 is 0 Å². The predicted octanol–water partition coefficient (Wildman–Crippen LogP) is 2.12. The van der Waals surface area contributed by atoms with Crippen molar-refractivity contribution in [2.24, 2.45) is 0 Å². The van der Waals surface area contributed by atoms with Crippen molar-refractivity contribution in [2.75, 3.05) is 5.32 Å². The number of hydrogen-bond acceptors (Lipinski definition) is 3. The summed E-state index contributed by atoms with van der Waals surface area (Å²) in [6.07, 6.45) is 1.51.